The average molecular weight is 328 g/mol. The van der Waals surface area contributed by atoms with Crippen molar-refractivity contribution in [3.8, 4) is 6.07 Å². The molecule has 102 valence electrons. The van der Waals surface area contributed by atoms with Gasteiger partial charge in [0.15, 0.2) is 15.2 Å². The molecule has 0 unspecified atom stereocenters. The zero-order valence-electron chi connectivity index (χ0n) is 10.1. The van der Waals surface area contributed by atoms with E-state index in [0.29, 0.717) is 21.4 Å². The number of ether oxygens (including phenoxy) is 1. The zero-order chi connectivity index (χ0) is 14.7. The molecule has 1 heterocycles. The summed E-state index contributed by atoms with van der Waals surface area (Å²) in [6, 6.07) is 6.78. The predicted octanol–water partition coefficient (Wildman–Crippen LogP) is 3.85. The van der Waals surface area contributed by atoms with E-state index in [4.69, 9.17) is 28.5 Å². The van der Waals surface area contributed by atoms with Gasteiger partial charge in [-0.3, -0.25) is 0 Å². The molecular weight excluding hydrogens is 321 g/mol. The predicted molar refractivity (Wildman–Crippen MR) is 77.9 cm³/mol. The van der Waals surface area contributed by atoms with Crippen molar-refractivity contribution in [3.05, 3.63) is 38.8 Å². The van der Waals surface area contributed by atoms with Crippen LogP contribution < -0.4 is 5.32 Å². The van der Waals surface area contributed by atoms with Crippen LogP contribution in [0.1, 0.15) is 15.2 Å². The number of hydrogen-bond acceptors (Lipinski definition) is 6. The molecule has 0 fully saturated rings. The van der Waals surface area contributed by atoms with Crippen molar-refractivity contribution in [3.63, 3.8) is 0 Å². The normalized spacial score (nSPS) is 9.90. The molecule has 20 heavy (non-hydrogen) atoms. The van der Waals surface area contributed by atoms with Crippen LogP contribution in [0, 0.1) is 11.3 Å². The molecule has 1 aromatic carbocycles. The lowest BCUT2D eigenvalue weighted by Crippen LogP contribution is -1.98. The second-order valence-corrected chi connectivity index (χ2v) is 5.33. The molecule has 0 atom stereocenters. The van der Waals surface area contributed by atoms with Gasteiger partial charge >= 0.3 is 5.97 Å². The summed E-state index contributed by atoms with van der Waals surface area (Å²) in [6.07, 6.45) is 0. The number of hydrogen-bond donors (Lipinski definition) is 1. The van der Waals surface area contributed by atoms with Gasteiger partial charge < -0.3 is 10.1 Å². The number of halogens is 2. The molecule has 0 saturated heterocycles. The Labute approximate surface area is 128 Å². The minimum Gasteiger partial charge on any atom is -0.465 e. The Balaban J connectivity index is 2.31. The minimum atomic E-state index is -0.558. The average Bonchev–Trinajstić information content (AvgIpc) is 2.81. The molecule has 0 saturated carbocycles. The Bertz CT molecular complexity index is 709. The second kappa shape index (κ2) is 6.09. The number of nitrogens with one attached hydrogen (secondary N) is 1. The van der Waals surface area contributed by atoms with Crippen molar-refractivity contribution in [2.75, 3.05) is 12.4 Å². The highest BCUT2D eigenvalue weighted by Gasteiger charge is 2.17. The van der Waals surface area contributed by atoms with Gasteiger partial charge in [-0.2, -0.15) is 5.26 Å². The van der Waals surface area contributed by atoms with Crippen LogP contribution in [0.2, 0.25) is 10.2 Å². The van der Waals surface area contributed by atoms with Crippen LogP contribution in [-0.2, 0) is 4.74 Å². The van der Waals surface area contributed by atoms with Gasteiger partial charge in [0.1, 0.15) is 0 Å². The minimum absolute atomic E-state index is 0.0527. The maximum Gasteiger partial charge on any atom is 0.351 e. The first-order chi connectivity index (χ1) is 9.55. The van der Waals surface area contributed by atoms with E-state index in [2.05, 4.69) is 15.0 Å². The van der Waals surface area contributed by atoms with E-state index in [-0.39, 0.29) is 10.0 Å². The third-order valence-electron chi connectivity index (χ3n) is 2.29. The number of nitriles is 1. The molecule has 1 N–H and O–H groups in total. The molecule has 2 rings (SSSR count). The third kappa shape index (κ3) is 3.02. The van der Waals surface area contributed by atoms with Crippen LogP contribution in [0.25, 0.3) is 0 Å². The first-order valence-electron chi connectivity index (χ1n) is 5.26. The molecule has 0 aliphatic heterocycles. The van der Waals surface area contributed by atoms with Gasteiger partial charge in [-0.25, -0.2) is 9.78 Å². The number of methoxy groups -OCH3 is 1. The summed E-state index contributed by atoms with van der Waals surface area (Å²) in [6.45, 7) is 0. The molecule has 5 nitrogen and oxygen atoms in total. The Kier molecular flexibility index (Phi) is 4.45. The van der Waals surface area contributed by atoms with Crippen LogP contribution in [0.15, 0.2) is 18.2 Å². The van der Waals surface area contributed by atoms with Gasteiger partial charge in [-0.1, -0.05) is 34.5 Å². The second-order valence-electron chi connectivity index (χ2n) is 3.56. The Morgan fingerprint density at radius 2 is 2.25 bits per heavy atom. The van der Waals surface area contributed by atoms with Crippen molar-refractivity contribution in [1.29, 1.82) is 5.26 Å². The highest BCUT2D eigenvalue weighted by atomic mass is 35.5. The monoisotopic (exact) mass is 327 g/mol. The third-order valence-corrected chi connectivity index (χ3v) is 3.96. The summed E-state index contributed by atoms with van der Waals surface area (Å²) in [4.78, 5) is 15.6. The number of thiazole rings is 1. The van der Waals surface area contributed by atoms with Gasteiger partial charge in [-0.05, 0) is 18.2 Å². The van der Waals surface area contributed by atoms with Gasteiger partial charge in [0, 0.05) is 0 Å². The number of esters is 1. The van der Waals surface area contributed by atoms with E-state index in [1.54, 1.807) is 18.2 Å². The summed E-state index contributed by atoms with van der Waals surface area (Å²) in [5.41, 5.74) is 0.959. The molecule has 0 bridgehead atoms. The summed E-state index contributed by atoms with van der Waals surface area (Å²) in [5, 5.41) is 12.6. The number of aromatic nitrogens is 1. The molecule has 8 heteroatoms. The molecular formula is C12H7Cl2N3O2S. The number of rotatable bonds is 3. The van der Waals surface area contributed by atoms with Crippen molar-refractivity contribution < 1.29 is 9.53 Å². The van der Waals surface area contributed by atoms with Crippen LogP contribution in [0.3, 0.4) is 0 Å². The quantitative estimate of drug-likeness (QED) is 0.866. The van der Waals surface area contributed by atoms with Gasteiger partial charge in [0.05, 0.1) is 29.5 Å². The molecule has 0 amide bonds. The largest absolute Gasteiger partial charge is 0.465 e. The van der Waals surface area contributed by atoms with Gasteiger partial charge in [0.2, 0.25) is 0 Å². The summed E-state index contributed by atoms with van der Waals surface area (Å²) < 4.78 is 4.59. The van der Waals surface area contributed by atoms with E-state index in [1.165, 1.54) is 7.11 Å². The van der Waals surface area contributed by atoms with Crippen LogP contribution >= 0.6 is 34.5 Å². The van der Waals surface area contributed by atoms with Crippen molar-refractivity contribution in [2.45, 2.75) is 0 Å². The van der Waals surface area contributed by atoms with Gasteiger partial charge in [-0.15, -0.1) is 0 Å². The van der Waals surface area contributed by atoms with Crippen molar-refractivity contribution >= 4 is 51.3 Å². The first kappa shape index (κ1) is 14.6. The summed E-state index contributed by atoms with van der Waals surface area (Å²) >= 11 is 12.9. The topological polar surface area (TPSA) is 75.0 Å². The van der Waals surface area contributed by atoms with Crippen LogP contribution in [0.5, 0.6) is 0 Å². The fraction of sp³-hybridized carbons (Fsp3) is 0.0833. The molecule has 0 radical (unpaired) electrons. The Hall–Kier alpha value is -1.81. The maximum absolute atomic E-state index is 11.4. The number of carbonyl (C=O) groups is 1. The lowest BCUT2D eigenvalue weighted by atomic mass is 10.2. The highest BCUT2D eigenvalue weighted by molar-refractivity contribution is 7.18. The number of nitrogens with zero attached hydrogens (tertiary/aromatic N) is 2. The summed E-state index contributed by atoms with van der Waals surface area (Å²) in [7, 11) is 1.26. The molecule has 0 aliphatic rings. The van der Waals surface area contributed by atoms with E-state index >= 15 is 0 Å². The molecule has 0 spiro atoms. The molecule has 1 aromatic heterocycles. The van der Waals surface area contributed by atoms with Crippen molar-refractivity contribution in [1.82, 2.24) is 4.98 Å². The molecule has 0 aliphatic carbocycles. The highest BCUT2D eigenvalue weighted by Crippen LogP contribution is 2.32. The fourth-order valence-corrected chi connectivity index (χ4v) is 2.66. The van der Waals surface area contributed by atoms with Crippen LogP contribution in [0.4, 0.5) is 10.8 Å². The van der Waals surface area contributed by atoms with Crippen molar-refractivity contribution in [2.24, 2.45) is 0 Å². The standard InChI is InChI=1S/C12H7Cl2N3O2S/c1-19-11(18)9-10(14)17-12(20-9)16-8-4-6(5-15)2-3-7(8)13/h2-4H,1H3,(H,16,17). The zero-order valence-corrected chi connectivity index (χ0v) is 12.4. The first-order valence-corrected chi connectivity index (χ1v) is 6.83. The summed E-state index contributed by atoms with van der Waals surface area (Å²) in [5.74, 6) is -0.558. The smallest absolute Gasteiger partial charge is 0.351 e. The van der Waals surface area contributed by atoms with E-state index < -0.39 is 5.97 Å². The lowest BCUT2D eigenvalue weighted by molar-refractivity contribution is 0.0606. The number of anilines is 2. The fourth-order valence-electron chi connectivity index (χ4n) is 1.38. The van der Waals surface area contributed by atoms with Crippen LogP contribution in [-0.4, -0.2) is 18.1 Å². The maximum atomic E-state index is 11.4. The van der Waals surface area contributed by atoms with Gasteiger partial charge in [0.25, 0.3) is 0 Å². The van der Waals surface area contributed by atoms with E-state index in [1.807, 2.05) is 6.07 Å². The number of benzene rings is 1. The van der Waals surface area contributed by atoms with E-state index in [0.717, 1.165) is 11.3 Å². The Morgan fingerprint density at radius 3 is 2.90 bits per heavy atom. The number of carbonyl (C=O) groups excluding carboxylic acids is 1. The SMILES string of the molecule is COC(=O)c1sc(Nc2cc(C#N)ccc2Cl)nc1Cl. The van der Waals surface area contributed by atoms with E-state index in [9.17, 15) is 4.79 Å². The molecule has 2 aromatic rings. The lowest BCUT2D eigenvalue weighted by Gasteiger charge is -2.04. The Morgan fingerprint density at radius 1 is 1.50 bits per heavy atom.